The summed E-state index contributed by atoms with van der Waals surface area (Å²) in [5, 5.41) is 9.10. The van der Waals surface area contributed by atoms with Crippen molar-refractivity contribution in [2.45, 2.75) is 37.4 Å². The summed E-state index contributed by atoms with van der Waals surface area (Å²) in [6.07, 6.45) is 3.46. The number of aliphatic carboxylic acids is 1. The van der Waals surface area contributed by atoms with E-state index in [0.717, 1.165) is 19.3 Å². The van der Waals surface area contributed by atoms with Gasteiger partial charge in [-0.15, -0.1) is 0 Å². The summed E-state index contributed by atoms with van der Waals surface area (Å²) in [7, 11) is 0. The van der Waals surface area contributed by atoms with Crippen LogP contribution in [0.5, 0.6) is 0 Å². The number of rotatable bonds is 3. The van der Waals surface area contributed by atoms with Crippen molar-refractivity contribution >= 4 is 5.97 Å². The summed E-state index contributed by atoms with van der Waals surface area (Å²) in [5.74, 6) is -0.899. The van der Waals surface area contributed by atoms with Crippen molar-refractivity contribution in [3.63, 3.8) is 0 Å². The molecule has 1 saturated carbocycles. The normalized spacial score (nSPS) is 35.1. The van der Waals surface area contributed by atoms with Crippen LogP contribution in [-0.2, 0) is 16.0 Å². The van der Waals surface area contributed by atoms with Gasteiger partial charge < -0.3 is 9.84 Å². The lowest BCUT2D eigenvalue weighted by molar-refractivity contribution is -0.143. The monoisotopic (exact) mass is 232 g/mol. The van der Waals surface area contributed by atoms with E-state index in [1.807, 2.05) is 18.2 Å². The van der Waals surface area contributed by atoms with Crippen LogP contribution in [0.1, 0.15) is 24.8 Å². The first-order valence-corrected chi connectivity index (χ1v) is 6.14. The molecule has 3 rings (SSSR count). The van der Waals surface area contributed by atoms with Crippen LogP contribution < -0.4 is 0 Å². The Morgan fingerprint density at radius 2 is 2.12 bits per heavy atom. The lowest BCUT2D eigenvalue weighted by Crippen LogP contribution is -2.31. The first kappa shape index (κ1) is 10.8. The molecule has 1 aromatic carbocycles. The van der Waals surface area contributed by atoms with E-state index < -0.39 is 5.97 Å². The van der Waals surface area contributed by atoms with Gasteiger partial charge >= 0.3 is 5.97 Å². The smallest absolute Gasteiger partial charge is 0.306 e. The summed E-state index contributed by atoms with van der Waals surface area (Å²) in [6, 6.07) is 10.2. The molecule has 2 fully saturated rings. The highest BCUT2D eigenvalue weighted by Gasteiger charge is 2.59. The number of hydrogen-bond donors (Lipinski definition) is 1. The van der Waals surface area contributed by atoms with Gasteiger partial charge in [-0.2, -0.15) is 0 Å². The van der Waals surface area contributed by atoms with Crippen LogP contribution in [0, 0.1) is 5.92 Å². The molecule has 3 atom stereocenters. The summed E-state index contributed by atoms with van der Waals surface area (Å²) in [5.41, 5.74) is 1.06. The number of carbonyl (C=O) groups is 1. The Morgan fingerprint density at radius 1 is 1.35 bits per heavy atom. The van der Waals surface area contributed by atoms with E-state index in [4.69, 9.17) is 9.84 Å². The van der Waals surface area contributed by atoms with Gasteiger partial charge in [-0.3, -0.25) is 4.79 Å². The maximum atomic E-state index is 11.1. The molecule has 0 aromatic heterocycles. The molecule has 0 radical (unpaired) electrons. The molecule has 3 heteroatoms. The fourth-order valence-corrected chi connectivity index (χ4v) is 3.00. The molecule has 0 spiro atoms. The van der Waals surface area contributed by atoms with Gasteiger partial charge in [0.1, 0.15) is 0 Å². The van der Waals surface area contributed by atoms with E-state index in [1.54, 1.807) is 0 Å². The van der Waals surface area contributed by atoms with Crippen LogP contribution in [0.2, 0.25) is 0 Å². The summed E-state index contributed by atoms with van der Waals surface area (Å²) in [4.78, 5) is 11.1. The minimum absolute atomic E-state index is 0.178. The van der Waals surface area contributed by atoms with Gasteiger partial charge in [-0.05, 0) is 24.8 Å². The molecule has 1 saturated heterocycles. The molecule has 1 aliphatic carbocycles. The largest absolute Gasteiger partial charge is 0.481 e. The number of ether oxygens (including phenoxy) is 1. The van der Waals surface area contributed by atoms with Crippen molar-refractivity contribution in [1.82, 2.24) is 0 Å². The van der Waals surface area contributed by atoms with Gasteiger partial charge in [0.25, 0.3) is 0 Å². The topological polar surface area (TPSA) is 49.8 Å². The van der Waals surface area contributed by atoms with Gasteiger partial charge in [0.15, 0.2) is 0 Å². The van der Waals surface area contributed by atoms with Crippen molar-refractivity contribution in [2.75, 3.05) is 0 Å². The first-order chi connectivity index (χ1) is 8.20. The maximum absolute atomic E-state index is 11.1. The molecule has 0 bridgehead atoms. The lowest BCUT2D eigenvalue weighted by atomic mass is 9.78. The van der Waals surface area contributed by atoms with E-state index >= 15 is 0 Å². The zero-order valence-corrected chi connectivity index (χ0v) is 9.63. The average molecular weight is 232 g/mol. The SMILES string of the molecule is O=C(O)[C@H]1CC[C@@H]2O[C@@]2(Cc2ccccc2)C1. The fraction of sp³-hybridized carbons (Fsp3) is 0.500. The van der Waals surface area contributed by atoms with Crippen molar-refractivity contribution in [3.8, 4) is 0 Å². The average Bonchev–Trinajstić information content (AvgIpc) is 3.03. The second kappa shape index (κ2) is 3.84. The van der Waals surface area contributed by atoms with Crippen LogP contribution in [0.15, 0.2) is 30.3 Å². The van der Waals surface area contributed by atoms with E-state index in [2.05, 4.69) is 12.1 Å². The zero-order chi connectivity index (χ0) is 11.9. The highest BCUT2D eigenvalue weighted by molar-refractivity contribution is 5.70. The summed E-state index contributed by atoms with van der Waals surface area (Å²) < 4.78 is 5.79. The number of epoxide rings is 1. The third-order valence-electron chi connectivity index (χ3n) is 3.97. The molecule has 90 valence electrons. The number of benzene rings is 1. The Balaban J connectivity index is 1.73. The third kappa shape index (κ3) is 1.95. The summed E-state index contributed by atoms with van der Waals surface area (Å²) >= 11 is 0. The second-order valence-electron chi connectivity index (χ2n) is 5.15. The van der Waals surface area contributed by atoms with Crippen LogP contribution >= 0.6 is 0 Å². The van der Waals surface area contributed by atoms with Gasteiger partial charge in [0.2, 0.25) is 0 Å². The predicted molar refractivity (Wildman–Crippen MR) is 62.7 cm³/mol. The van der Waals surface area contributed by atoms with Crippen molar-refractivity contribution in [1.29, 1.82) is 0 Å². The number of carboxylic acids is 1. The third-order valence-corrected chi connectivity index (χ3v) is 3.97. The predicted octanol–water partition coefficient (Wildman–Crippen LogP) is 2.25. The number of hydrogen-bond acceptors (Lipinski definition) is 2. The van der Waals surface area contributed by atoms with E-state index in [-0.39, 0.29) is 11.5 Å². The summed E-state index contributed by atoms with van der Waals surface area (Å²) in [6.45, 7) is 0. The molecule has 0 amide bonds. The van der Waals surface area contributed by atoms with Gasteiger partial charge in [0.05, 0.1) is 17.6 Å². The molecule has 1 aliphatic heterocycles. The molecule has 1 aromatic rings. The molecule has 1 heterocycles. The molecular formula is C14H16O3. The highest BCUT2D eigenvalue weighted by atomic mass is 16.6. The van der Waals surface area contributed by atoms with Crippen LogP contribution in [0.25, 0.3) is 0 Å². The van der Waals surface area contributed by atoms with Crippen LogP contribution in [-0.4, -0.2) is 22.8 Å². The molecule has 17 heavy (non-hydrogen) atoms. The molecule has 2 aliphatic rings. The second-order valence-corrected chi connectivity index (χ2v) is 5.15. The molecule has 1 N–H and O–H groups in total. The van der Waals surface area contributed by atoms with Crippen molar-refractivity contribution in [2.24, 2.45) is 5.92 Å². The number of fused-ring (bicyclic) bond motifs is 1. The minimum atomic E-state index is -0.675. The number of carboxylic acid groups (broad SMARTS) is 1. The Hall–Kier alpha value is -1.35. The quantitative estimate of drug-likeness (QED) is 0.813. The fourth-order valence-electron chi connectivity index (χ4n) is 3.00. The minimum Gasteiger partial charge on any atom is -0.481 e. The highest BCUT2D eigenvalue weighted by Crippen LogP contribution is 2.51. The van der Waals surface area contributed by atoms with E-state index in [1.165, 1.54) is 5.56 Å². The molecule has 0 unspecified atom stereocenters. The van der Waals surface area contributed by atoms with Gasteiger partial charge in [0, 0.05) is 6.42 Å². The van der Waals surface area contributed by atoms with Crippen LogP contribution in [0.4, 0.5) is 0 Å². The lowest BCUT2D eigenvalue weighted by Gasteiger charge is -2.22. The van der Waals surface area contributed by atoms with Crippen molar-refractivity contribution < 1.29 is 14.6 Å². The van der Waals surface area contributed by atoms with E-state index in [9.17, 15) is 4.79 Å². The van der Waals surface area contributed by atoms with Crippen molar-refractivity contribution in [3.05, 3.63) is 35.9 Å². The zero-order valence-electron chi connectivity index (χ0n) is 9.63. The van der Waals surface area contributed by atoms with Gasteiger partial charge in [-0.25, -0.2) is 0 Å². The molecular weight excluding hydrogens is 216 g/mol. The van der Waals surface area contributed by atoms with E-state index in [0.29, 0.717) is 12.5 Å². The Kier molecular flexibility index (Phi) is 2.44. The first-order valence-electron chi connectivity index (χ1n) is 6.14. The standard InChI is InChI=1S/C14H16O3/c15-13(16)11-6-7-12-14(9-11,17-12)8-10-4-2-1-3-5-10/h1-5,11-12H,6-9H2,(H,15,16)/t11-,12-,14-/m0/s1. The Bertz CT molecular complexity index is 428. The molecule has 3 nitrogen and oxygen atoms in total. The maximum Gasteiger partial charge on any atom is 0.306 e. The van der Waals surface area contributed by atoms with Crippen LogP contribution in [0.3, 0.4) is 0 Å². The Labute approximate surface area is 100 Å². The Morgan fingerprint density at radius 3 is 2.82 bits per heavy atom. The van der Waals surface area contributed by atoms with Gasteiger partial charge in [-0.1, -0.05) is 30.3 Å².